The lowest BCUT2D eigenvalue weighted by Crippen LogP contribution is -2.30. The summed E-state index contributed by atoms with van der Waals surface area (Å²) in [6.07, 6.45) is 0. The van der Waals surface area contributed by atoms with E-state index >= 15 is 0 Å². The predicted molar refractivity (Wildman–Crippen MR) is 58.5 cm³/mol. The fraction of sp³-hybridized carbons (Fsp3) is 0.300. The molecule has 0 radical (unpaired) electrons. The zero-order chi connectivity index (χ0) is 10.7. The van der Waals surface area contributed by atoms with Crippen LogP contribution >= 0.6 is 11.6 Å². The summed E-state index contributed by atoms with van der Waals surface area (Å²) in [5, 5.41) is 3.17. The van der Waals surface area contributed by atoms with Crippen molar-refractivity contribution in [2.45, 2.75) is 19.9 Å². The summed E-state index contributed by atoms with van der Waals surface area (Å²) in [5.41, 5.74) is 6.53. The van der Waals surface area contributed by atoms with Crippen molar-refractivity contribution in [1.82, 2.24) is 5.32 Å². The molecule has 0 saturated carbocycles. The van der Waals surface area contributed by atoms with E-state index in [9.17, 15) is 4.79 Å². The number of nitrogens with two attached hydrogens (primary N) is 1. The predicted octanol–water partition coefficient (Wildman–Crippen LogP) is 2.06. The summed E-state index contributed by atoms with van der Waals surface area (Å²) in [7, 11) is 0. The first kappa shape index (κ1) is 10.9. The number of amides is 1. The van der Waals surface area contributed by atoms with Crippen LogP contribution in [-0.2, 0) is 0 Å². The zero-order valence-electron chi connectivity index (χ0n) is 8.17. The average Bonchev–Trinajstić information content (AvgIpc) is 2.08. The van der Waals surface area contributed by atoms with Gasteiger partial charge in [0.15, 0.2) is 0 Å². The quantitative estimate of drug-likeness (QED) is 0.738. The summed E-state index contributed by atoms with van der Waals surface area (Å²) in [4.78, 5) is 11.5. The molecule has 1 aromatic carbocycles. The van der Waals surface area contributed by atoms with Gasteiger partial charge in [0.2, 0.25) is 0 Å². The number of halogens is 1. The van der Waals surface area contributed by atoms with Gasteiger partial charge in [-0.05, 0) is 32.0 Å². The van der Waals surface area contributed by atoms with Crippen molar-refractivity contribution in [3.8, 4) is 0 Å². The standard InChI is InChI=1S/C10H13ClN2O/c1-6(2)13-10(14)7-3-4-9(12)8(11)5-7/h3-6H,12H2,1-2H3,(H,13,14). The van der Waals surface area contributed by atoms with Crippen molar-refractivity contribution >= 4 is 23.2 Å². The second-order valence-corrected chi connectivity index (χ2v) is 3.77. The second-order valence-electron chi connectivity index (χ2n) is 3.36. The maximum atomic E-state index is 11.5. The Labute approximate surface area is 88.2 Å². The molecule has 0 spiro atoms. The van der Waals surface area contributed by atoms with Crippen molar-refractivity contribution in [3.63, 3.8) is 0 Å². The third-order valence-corrected chi connectivity index (χ3v) is 2.01. The Bertz CT molecular complexity index is 350. The molecule has 3 N–H and O–H groups in total. The fourth-order valence-corrected chi connectivity index (χ4v) is 1.19. The van der Waals surface area contributed by atoms with E-state index in [2.05, 4.69) is 5.32 Å². The number of hydrogen-bond acceptors (Lipinski definition) is 2. The monoisotopic (exact) mass is 212 g/mol. The Morgan fingerprint density at radius 3 is 2.64 bits per heavy atom. The number of hydrogen-bond donors (Lipinski definition) is 2. The van der Waals surface area contributed by atoms with Crippen molar-refractivity contribution in [3.05, 3.63) is 28.8 Å². The highest BCUT2D eigenvalue weighted by Crippen LogP contribution is 2.19. The Kier molecular flexibility index (Phi) is 3.36. The molecule has 14 heavy (non-hydrogen) atoms. The third kappa shape index (κ3) is 2.64. The summed E-state index contributed by atoms with van der Waals surface area (Å²) in [6.45, 7) is 3.80. The number of carbonyl (C=O) groups is 1. The van der Waals surface area contributed by atoms with Crippen LogP contribution in [0.5, 0.6) is 0 Å². The molecule has 76 valence electrons. The highest BCUT2D eigenvalue weighted by atomic mass is 35.5. The van der Waals surface area contributed by atoms with E-state index in [1.165, 1.54) is 0 Å². The summed E-state index contributed by atoms with van der Waals surface area (Å²) in [6, 6.07) is 4.95. The Balaban J connectivity index is 2.86. The lowest BCUT2D eigenvalue weighted by atomic mass is 10.2. The number of nitrogen functional groups attached to an aromatic ring is 1. The number of rotatable bonds is 2. The van der Waals surface area contributed by atoms with Gasteiger partial charge in [-0.2, -0.15) is 0 Å². The van der Waals surface area contributed by atoms with Crippen LogP contribution in [0.1, 0.15) is 24.2 Å². The van der Waals surface area contributed by atoms with Gasteiger partial charge in [-0.1, -0.05) is 11.6 Å². The molecule has 1 rings (SSSR count). The van der Waals surface area contributed by atoms with Gasteiger partial charge in [-0.25, -0.2) is 0 Å². The first-order chi connectivity index (χ1) is 6.50. The molecule has 0 atom stereocenters. The van der Waals surface area contributed by atoms with Gasteiger partial charge in [-0.15, -0.1) is 0 Å². The first-order valence-electron chi connectivity index (χ1n) is 4.36. The first-order valence-corrected chi connectivity index (χ1v) is 4.74. The van der Waals surface area contributed by atoms with E-state index in [0.29, 0.717) is 16.3 Å². The van der Waals surface area contributed by atoms with Crippen molar-refractivity contribution in [2.75, 3.05) is 5.73 Å². The molecule has 0 aromatic heterocycles. The topological polar surface area (TPSA) is 55.1 Å². The van der Waals surface area contributed by atoms with E-state index in [4.69, 9.17) is 17.3 Å². The minimum atomic E-state index is -0.137. The number of carbonyl (C=O) groups excluding carboxylic acids is 1. The van der Waals surface area contributed by atoms with E-state index in [1.807, 2.05) is 13.8 Å². The molecular formula is C10H13ClN2O. The normalized spacial score (nSPS) is 10.3. The molecule has 0 unspecified atom stereocenters. The number of benzene rings is 1. The van der Waals surface area contributed by atoms with Crippen LogP contribution in [0.4, 0.5) is 5.69 Å². The molecule has 0 saturated heterocycles. The van der Waals surface area contributed by atoms with Gasteiger partial charge < -0.3 is 11.1 Å². The van der Waals surface area contributed by atoms with Crippen LogP contribution in [0.2, 0.25) is 5.02 Å². The van der Waals surface area contributed by atoms with Crippen LogP contribution in [0.3, 0.4) is 0 Å². The molecule has 0 aliphatic heterocycles. The number of nitrogens with one attached hydrogen (secondary N) is 1. The highest BCUT2D eigenvalue weighted by Gasteiger charge is 2.07. The minimum Gasteiger partial charge on any atom is -0.398 e. The molecule has 1 aromatic rings. The molecule has 0 aliphatic carbocycles. The van der Waals surface area contributed by atoms with Gasteiger partial charge in [0.05, 0.1) is 10.7 Å². The molecule has 0 bridgehead atoms. The number of anilines is 1. The van der Waals surface area contributed by atoms with E-state index in [-0.39, 0.29) is 11.9 Å². The van der Waals surface area contributed by atoms with Gasteiger partial charge in [0.1, 0.15) is 0 Å². The molecule has 4 heteroatoms. The van der Waals surface area contributed by atoms with Gasteiger partial charge in [0, 0.05) is 11.6 Å². The summed E-state index contributed by atoms with van der Waals surface area (Å²) >= 11 is 5.79. The molecule has 3 nitrogen and oxygen atoms in total. The Morgan fingerprint density at radius 2 is 2.14 bits per heavy atom. The second kappa shape index (κ2) is 4.33. The van der Waals surface area contributed by atoms with Crippen LogP contribution in [-0.4, -0.2) is 11.9 Å². The molecule has 1 amide bonds. The SMILES string of the molecule is CC(C)NC(=O)c1ccc(N)c(Cl)c1. The van der Waals surface area contributed by atoms with Crippen LogP contribution in [0.25, 0.3) is 0 Å². The lowest BCUT2D eigenvalue weighted by molar-refractivity contribution is 0.0943. The van der Waals surface area contributed by atoms with Crippen molar-refractivity contribution < 1.29 is 4.79 Å². The van der Waals surface area contributed by atoms with E-state index < -0.39 is 0 Å². The van der Waals surface area contributed by atoms with E-state index in [0.717, 1.165) is 0 Å². The van der Waals surface area contributed by atoms with Crippen LogP contribution in [0, 0.1) is 0 Å². The summed E-state index contributed by atoms with van der Waals surface area (Å²) in [5.74, 6) is -0.137. The van der Waals surface area contributed by atoms with Gasteiger partial charge >= 0.3 is 0 Å². The lowest BCUT2D eigenvalue weighted by Gasteiger charge is -2.08. The largest absolute Gasteiger partial charge is 0.398 e. The fourth-order valence-electron chi connectivity index (χ4n) is 1.01. The van der Waals surface area contributed by atoms with Crippen molar-refractivity contribution in [2.24, 2.45) is 0 Å². The molecule has 0 fully saturated rings. The Hall–Kier alpha value is -1.22. The van der Waals surface area contributed by atoms with Crippen LogP contribution < -0.4 is 11.1 Å². The maximum absolute atomic E-state index is 11.5. The third-order valence-electron chi connectivity index (χ3n) is 1.68. The maximum Gasteiger partial charge on any atom is 0.251 e. The Morgan fingerprint density at radius 1 is 1.50 bits per heavy atom. The molecule has 0 aliphatic rings. The van der Waals surface area contributed by atoms with Gasteiger partial charge in [0.25, 0.3) is 5.91 Å². The average molecular weight is 213 g/mol. The van der Waals surface area contributed by atoms with E-state index in [1.54, 1.807) is 18.2 Å². The minimum absolute atomic E-state index is 0.110. The molecular weight excluding hydrogens is 200 g/mol. The van der Waals surface area contributed by atoms with Crippen molar-refractivity contribution in [1.29, 1.82) is 0 Å². The van der Waals surface area contributed by atoms with Gasteiger partial charge in [-0.3, -0.25) is 4.79 Å². The summed E-state index contributed by atoms with van der Waals surface area (Å²) < 4.78 is 0. The smallest absolute Gasteiger partial charge is 0.251 e. The zero-order valence-corrected chi connectivity index (χ0v) is 8.93. The molecule has 0 heterocycles. The van der Waals surface area contributed by atoms with Crippen LogP contribution in [0.15, 0.2) is 18.2 Å². The highest BCUT2D eigenvalue weighted by molar-refractivity contribution is 6.33.